The van der Waals surface area contributed by atoms with E-state index in [9.17, 15) is 0 Å². The summed E-state index contributed by atoms with van der Waals surface area (Å²) in [5, 5.41) is 7.24. The number of benzene rings is 1. The van der Waals surface area contributed by atoms with E-state index < -0.39 is 0 Å². The number of rotatable bonds is 4. The van der Waals surface area contributed by atoms with Crippen LogP contribution in [0.15, 0.2) is 53.0 Å². The molecule has 3 rings (SSSR count). The van der Waals surface area contributed by atoms with Crippen molar-refractivity contribution in [2.24, 2.45) is 5.10 Å². The lowest BCUT2D eigenvalue weighted by Crippen LogP contribution is -2.24. The smallest absolute Gasteiger partial charge is 0.166 e. The van der Waals surface area contributed by atoms with Gasteiger partial charge in [-0.25, -0.2) is 4.98 Å². The zero-order valence-corrected chi connectivity index (χ0v) is 14.5. The molecule has 1 saturated heterocycles. The molecule has 0 N–H and O–H groups in total. The molecule has 0 atom stereocenters. The minimum Gasteiger partial charge on any atom is -0.295 e. The van der Waals surface area contributed by atoms with Crippen LogP contribution in [-0.2, 0) is 0 Å². The van der Waals surface area contributed by atoms with E-state index in [0.717, 1.165) is 24.7 Å². The Hall–Kier alpha value is -1.75. The topological polar surface area (TPSA) is 33.4 Å². The van der Waals surface area contributed by atoms with Crippen molar-refractivity contribution in [1.82, 2.24) is 14.6 Å². The van der Waals surface area contributed by atoms with Gasteiger partial charge in [0.1, 0.15) is 6.33 Å². The third-order valence-electron chi connectivity index (χ3n) is 4.00. The van der Waals surface area contributed by atoms with Crippen LogP contribution in [0.2, 0.25) is 0 Å². The number of nitrogens with zero attached hydrogens (tertiary/aromatic N) is 4. The van der Waals surface area contributed by atoms with Crippen molar-refractivity contribution in [2.45, 2.75) is 37.5 Å². The first kappa shape index (κ1) is 16.1. The van der Waals surface area contributed by atoms with Crippen molar-refractivity contribution in [3.63, 3.8) is 0 Å². The Morgan fingerprint density at radius 2 is 1.96 bits per heavy atom. The predicted octanol–water partition coefficient (Wildman–Crippen LogP) is 4.08. The normalized spacial score (nSPS) is 16.4. The molecule has 5 heteroatoms. The molecule has 0 unspecified atom stereocenters. The van der Waals surface area contributed by atoms with Crippen molar-refractivity contribution in [3.8, 4) is 0 Å². The highest BCUT2D eigenvalue weighted by Crippen LogP contribution is 2.24. The number of hydrogen-bond donors (Lipinski definition) is 0. The maximum absolute atomic E-state index is 5.01. The van der Waals surface area contributed by atoms with Crippen LogP contribution >= 0.6 is 11.8 Å². The van der Waals surface area contributed by atoms with Gasteiger partial charge in [-0.2, -0.15) is 5.10 Å². The van der Waals surface area contributed by atoms with Crippen molar-refractivity contribution >= 4 is 17.6 Å². The van der Waals surface area contributed by atoms with Crippen LogP contribution in [0.25, 0.3) is 0 Å². The quantitative estimate of drug-likeness (QED) is 0.482. The van der Waals surface area contributed by atoms with Gasteiger partial charge in [-0.1, -0.05) is 38.0 Å². The van der Waals surface area contributed by atoms with Gasteiger partial charge in [-0.15, -0.1) is 11.8 Å². The molecule has 1 aliphatic rings. The molecule has 2 heterocycles. The van der Waals surface area contributed by atoms with Crippen LogP contribution in [0.4, 0.5) is 0 Å². The summed E-state index contributed by atoms with van der Waals surface area (Å²) < 4.78 is 2.03. The second-order valence-corrected chi connectivity index (χ2v) is 7.00. The van der Waals surface area contributed by atoms with E-state index >= 15 is 0 Å². The van der Waals surface area contributed by atoms with E-state index in [1.54, 1.807) is 0 Å². The molecule has 0 bridgehead atoms. The molecule has 1 aliphatic heterocycles. The van der Waals surface area contributed by atoms with Crippen molar-refractivity contribution < 1.29 is 0 Å². The van der Waals surface area contributed by atoms with Crippen LogP contribution in [-0.4, -0.2) is 39.2 Å². The summed E-state index contributed by atoms with van der Waals surface area (Å²) in [7, 11) is 0. The average Bonchev–Trinajstić information content (AvgIpc) is 2.98. The maximum atomic E-state index is 5.01. The Bertz CT molecular complexity index is 628. The Morgan fingerprint density at radius 1 is 1.17 bits per heavy atom. The summed E-state index contributed by atoms with van der Waals surface area (Å²) in [6, 6.07) is 8.52. The summed E-state index contributed by atoms with van der Waals surface area (Å²) in [4.78, 5) is 5.49. The fraction of sp³-hybridized carbons (Fsp3) is 0.444. The van der Waals surface area contributed by atoms with Crippen molar-refractivity contribution in [1.29, 1.82) is 0 Å². The van der Waals surface area contributed by atoms with E-state index in [1.165, 1.54) is 36.1 Å². The van der Waals surface area contributed by atoms with E-state index in [-0.39, 0.29) is 0 Å². The zero-order valence-electron chi connectivity index (χ0n) is 13.7. The monoisotopic (exact) mass is 328 g/mol. The average molecular weight is 328 g/mol. The van der Waals surface area contributed by atoms with Gasteiger partial charge in [0.05, 0.1) is 0 Å². The largest absolute Gasteiger partial charge is 0.295 e. The minimum atomic E-state index is 0.973. The van der Waals surface area contributed by atoms with Crippen LogP contribution in [0.5, 0.6) is 0 Å². The fourth-order valence-corrected chi connectivity index (χ4v) is 3.65. The fourth-order valence-electron chi connectivity index (χ4n) is 2.85. The first-order chi connectivity index (χ1) is 11.4. The summed E-state index contributed by atoms with van der Waals surface area (Å²) in [5.41, 5.74) is 1.18. The van der Waals surface area contributed by atoms with Gasteiger partial charge in [-0.05, 0) is 24.7 Å². The van der Waals surface area contributed by atoms with E-state index in [1.807, 2.05) is 35.0 Å². The molecule has 0 radical (unpaired) electrons. The van der Waals surface area contributed by atoms with Gasteiger partial charge < -0.3 is 0 Å². The molecule has 0 spiro atoms. The van der Waals surface area contributed by atoms with Crippen molar-refractivity contribution in [3.05, 3.63) is 48.5 Å². The Balaban J connectivity index is 1.99. The highest BCUT2D eigenvalue weighted by molar-refractivity contribution is 7.99. The van der Waals surface area contributed by atoms with Crippen LogP contribution in [0.3, 0.4) is 0 Å². The van der Waals surface area contributed by atoms with Crippen LogP contribution in [0, 0.1) is 0 Å². The Labute approximate surface area is 142 Å². The van der Waals surface area contributed by atoms with E-state index in [4.69, 9.17) is 5.10 Å². The van der Waals surface area contributed by atoms with Gasteiger partial charge in [0.25, 0.3) is 0 Å². The lowest BCUT2D eigenvalue weighted by molar-refractivity contribution is 0.299. The molecule has 4 nitrogen and oxygen atoms in total. The second-order valence-electron chi connectivity index (χ2n) is 5.69. The zero-order chi connectivity index (χ0) is 15.9. The van der Waals surface area contributed by atoms with Crippen LogP contribution in [0.1, 0.15) is 38.2 Å². The van der Waals surface area contributed by atoms with Gasteiger partial charge in [0, 0.05) is 35.9 Å². The molecule has 1 fully saturated rings. The summed E-state index contributed by atoms with van der Waals surface area (Å²) >= 11 is 1.86. The van der Waals surface area contributed by atoms with Crippen molar-refractivity contribution in [2.75, 3.05) is 18.8 Å². The molecule has 0 amide bonds. The maximum Gasteiger partial charge on any atom is 0.166 e. The molecule has 122 valence electrons. The highest BCUT2D eigenvalue weighted by Gasteiger charge is 2.14. The van der Waals surface area contributed by atoms with E-state index in [2.05, 4.69) is 41.2 Å². The number of imidazole rings is 1. The molecule has 0 saturated carbocycles. The molecule has 2 aromatic rings. The number of hydrazone groups is 1. The van der Waals surface area contributed by atoms with E-state index in [0.29, 0.717) is 0 Å². The Morgan fingerprint density at radius 3 is 2.65 bits per heavy atom. The SMILES string of the molecule is CCSc1ccccc1C(=NN1CCCCCC1)n1ccnc1. The predicted molar refractivity (Wildman–Crippen MR) is 97.0 cm³/mol. The molecular formula is C18H24N4S. The lowest BCUT2D eigenvalue weighted by atomic mass is 10.2. The third-order valence-corrected chi connectivity index (χ3v) is 4.95. The number of hydrogen-bond acceptors (Lipinski definition) is 4. The summed E-state index contributed by atoms with van der Waals surface area (Å²) in [5.74, 6) is 2.03. The highest BCUT2D eigenvalue weighted by atomic mass is 32.2. The lowest BCUT2D eigenvalue weighted by Gasteiger charge is -2.20. The summed E-state index contributed by atoms with van der Waals surface area (Å²) in [6.45, 7) is 4.27. The number of aromatic nitrogens is 2. The Kier molecular flexibility index (Phi) is 5.75. The van der Waals surface area contributed by atoms with Gasteiger partial charge in [-0.3, -0.25) is 9.58 Å². The molecule has 23 heavy (non-hydrogen) atoms. The van der Waals surface area contributed by atoms with Gasteiger partial charge in [0.15, 0.2) is 5.84 Å². The third kappa shape index (κ3) is 4.16. The molecule has 1 aromatic heterocycles. The van der Waals surface area contributed by atoms with Gasteiger partial charge in [0.2, 0.25) is 0 Å². The first-order valence-electron chi connectivity index (χ1n) is 8.42. The molecular weight excluding hydrogens is 304 g/mol. The second kappa shape index (κ2) is 8.20. The molecule has 1 aromatic carbocycles. The van der Waals surface area contributed by atoms with Crippen LogP contribution < -0.4 is 0 Å². The number of thioether (sulfide) groups is 1. The van der Waals surface area contributed by atoms with Gasteiger partial charge >= 0.3 is 0 Å². The minimum absolute atomic E-state index is 0.973. The standard InChI is InChI=1S/C18H24N4S/c1-2-23-17-10-6-5-9-16(17)18(21-14-11-19-15-21)20-22-12-7-3-4-8-13-22/h5-6,9-11,14-15H,2-4,7-8,12-13H2,1H3. The summed E-state index contributed by atoms with van der Waals surface area (Å²) in [6.07, 6.45) is 10.7. The first-order valence-corrected chi connectivity index (χ1v) is 9.41. The molecule has 0 aliphatic carbocycles.